The van der Waals surface area contributed by atoms with Gasteiger partial charge in [0.15, 0.2) is 58.2 Å². The van der Waals surface area contributed by atoms with Crippen LogP contribution in [0.5, 0.6) is 46.0 Å². The molecule has 0 bridgehead atoms. The van der Waals surface area contributed by atoms with Crippen LogP contribution in [0.2, 0.25) is 0 Å². The number of aliphatic hydroxyl groups excluding tert-OH is 3. The number of halogens is 1. The normalized spacial score (nSPS) is 16.9. The molecular formula is C110H175ClN8O26. The summed E-state index contributed by atoms with van der Waals surface area (Å²) in [5.41, 5.74) is 3.19. The number of benzene rings is 4. The van der Waals surface area contributed by atoms with Gasteiger partial charge in [0.1, 0.15) is 77.3 Å². The van der Waals surface area contributed by atoms with Crippen molar-refractivity contribution in [1.82, 2.24) is 40.9 Å². The van der Waals surface area contributed by atoms with Crippen molar-refractivity contribution in [3.05, 3.63) is 95.1 Å². The van der Waals surface area contributed by atoms with Crippen LogP contribution >= 0.6 is 11.6 Å². The summed E-state index contributed by atoms with van der Waals surface area (Å²) in [6, 6.07) is 21.2. The first-order valence-electron chi connectivity index (χ1n) is 53.1. The first-order valence-corrected chi connectivity index (χ1v) is 53.5. The predicted molar refractivity (Wildman–Crippen MR) is 558 cm³/mol. The first kappa shape index (κ1) is 126. The second-order valence-electron chi connectivity index (χ2n) is 37.5. The van der Waals surface area contributed by atoms with Crippen LogP contribution in [0, 0.1) is 0 Å². The van der Waals surface area contributed by atoms with E-state index in [4.69, 9.17) is 84.1 Å². The summed E-state index contributed by atoms with van der Waals surface area (Å²) in [6.45, 7) is 30.6. The van der Waals surface area contributed by atoms with Crippen molar-refractivity contribution >= 4 is 70.3 Å². The van der Waals surface area contributed by atoms with Crippen LogP contribution in [-0.2, 0) is 62.2 Å². The zero-order chi connectivity index (χ0) is 103. The Balaban J connectivity index is 0.000000323. The van der Waals surface area contributed by atoms with E-state index in [-0.39, 0.29) is 105 Å². The highest BCUT2D eigenvalue weighted by molar-refractivity contribution is 6.63. The summed E-state index contributed by atoms with van der Waals surface area (Å²) < 4.78 is 63.3. The van der Waals surface area contributed by atoms with Gasteiger partial charge in [-0.1, -0.05) is 197 Å². The van der Waals surface area contributed by atoms with Crippen LogP contribution in [0.25, 0.3) is 0 Å². The highest BCUT2D eigenvalue weighted by atomic mass is 35.5. The number of ether oxygens (including phenoxy) is 11. The molecule has 0 saturated carbocycles. The number of aliphatic hydroxyl groups is 3. The number of rotatable bonds is 54. The lowest BCUT2D eigenvalue weighted by atomic mass is 10.00. The zero-order valence-electron chi connectivity index (χ0n) is 86.3. The number of likely N-dealkylation sites (tertiary alicyclic amines) is 4. The summed E-state index contributed by atoms with van der Waals surface area (Å²) >= 11 is 4.82. The number of esters is 3. The molecule has 4 aromatic rings. The largest absolute Gasteiger partial charge is 0.486 e. The fourth-order valence-corrected chi connectivity index (χ4v) is 17.8. The number of aliphatic carboxylic acids is 2. The third kappa shape index (κ3) is 47.5. The van der Waals surface area contributed by atoms with E-state index in [0.717, 1.165) is 184 Å². The second-order valence-corrected chi connectivity index (χ2v) is 37.9. The van der Waals surface area contributed by atoms with E-state index in [1.165, 1.54) is 70.6 Å². The van der Waals surface area contributed by atoms with Crippen LogP contribution in [0.1, 0.15) is 348 Å². The van der Waals surface area contributed by atoms with E-state index in [1.54, 1.807) is 27.7 Å². The van der Waals surface area contributed by atoms with Crippen molar-refractivity contribution in [2.75, 3.05) is 131 Å². The monoisotopic (exact) mass is 2060 g/mol. The van der Waals surface area contributed by atoms with Gasteiger partial charge < -0.3 is 119 Å². The van der Waals surface area contributed by atoms with Gasteiger partial charge in [-0.15, -0.1) is 0 Å². The standard InChI is InChI=1S/3C26H40N2O5.C23H36N2O4.C4H6O6.C3H5ClO.2CH4/c3*1-3-5-6-7-8-11-24(29)27-21(19-28-14-9-10-15-28)26(33-25(30)4-2)20-12-13-22-23(18-20)32-17-16-31-22;1-2-3-4-5-6-9-22(26)24-19(17-25-12-7-8-13-25)23(27)18-10-11-20-21(16-18)29-15-14-28-20;5-1(3(7)8)2(6)4(9)10;1-2-3(4)5;;/h3*12-13,18,21,26H,3-11,14-17,19H2,1-2H3,(H,27,29);10-11,16,19,23,27H,2-9,12-15,17H2,1H3,(H,24,26);1-2,5-6H,(H,7,8)(H,9,10);2H2,1H3;2*1H4/t3*21-,26-;19-,23-;1-,2-;;;/m11110.../s1. The average Bonchev–Trinajstić information content (AvgIpc) is 1.73. The molecule has 8 aliphatic rings. The molecule has 0 spiro atoms. The van der Waals surface area contributed by atoms with Crippen molar-refractivity contribution < 1.29 is 126 Å². The fourth-order valence-electron chi connectivity index (χ4n) is 17.8. The van der Waals surface area contributed by atoms with Crippen molar-refractivity contribution in [1.29, 1.82) is 0 Å². The van der Waals surface area contributed by atoms with Crippen molar-refractivity contribution in [3.63, 3.8) is 0 Å². The maximum absolute atomic E-state index is 12.9. The Hall–Kier alpha value is -9.81. The number of nitrogens with zero attached hydrogens (tertiary/aromatic N) is 4. The summed E-state index contributed by atoms with van der Waals surface area (Å²) in [5.74, 6) is 1.10. The molecule has 0 aliphatic carbocycles. The summed E-state index contributed by atoms with van der Waals surface area (Å²) in [7, 11) is 0. The molecule has 4 saturated heterocycles. The fraction of sp³-hybridized carbons (Fsp3) is 0.691. The molecule has 0 unspecified atom stereocenters. The Kier molecular flexibility index (Phi) is 62.8. The minimum atomic E-state index is -2.27. The van der Waals surface area contributed by atoms with Gasteiger partial charge in [0, 0.05) is 77.5 Å². The molecule has 8 heterocycles. The molecule has 10 atom stereocenters. The van der Waals surface area contributed by atoms with Crippen LogP contribution in [0.15, 0.2) is 72.8 Å². The number of carboxylic acids is 2. The molecule has 4 amide bonds. The molecular weight excluding hydrogens is 1880 g/mol. The number of unbranched alkanes of at least 4 members (excludes halogenated alkanes) is 16. The summed E-state index contributed by atoms with van der Waals surface area (Å²) in [4.78, 5) is 127. The molecule has 4 aromatic carbocycles. The number of nitrogens with one attached hydrogen (secondary N) is 4. The lowest BCUT2D eigenvalue weighted by molar-refractivity contribution is -0.165. The van der Waals surface area contributed by atoms with Gasteiger partial charge in [-0.2, -0.15) is 0 Å². The lowest BCUT2D eigenvalue weighted by Gasteiger charge is -2.32. The quantitative estimate of drug-likeness (QED) is 0.00858. The van der Waals surface area contributed by atoms with Crippen LogP contribution in [-0.4, -0.2) is 272 Å². The molecule has 12 rings (SSSR count). The third-order valence-electron chi connectivity index (χ3n) is 25.8. The summed E-state index contributed by atoms with van der Waals surface area (Å²) in [5, 5.41) is 56.1. The Morgan fingerprint density at radius 1 is 0.303 bits per heavy atom. The molecule has 35 heteroatoms. The van der Waals surface area contributed by atoms with Crippen LogP contribution < -0.4 is 59.2 Å². The highest BCUT2D eigenvalue weighted by Crippen LogP contribution is 2.40. The van der Waals surface area contributed by atoms with Gasteiger partial charge in [-0.3, -0.25) is 38.4 Å². The van der Waals surface area contributed by atoms with Gasteiger partial charge in [0.25, 0.3) is 0 Å². The van der Waals surface area contributed by atoms with E-state index >= 15 is 0 Å². The minimum Gasteiger partial charge on any atom is -0.486 e. The van der Waals surface area contributed by atoms with E-state index in [2.05, 4.69) is 68.6 Å². The zero-order valence-corrected chi connectivity index (χ0v) is 87.0. The number of hydrogen-bond acceptors (Lipinski definition) is 28. The molecule has 818 valence electrons. The van der Waals surface area contributed by atoms with Crippen molar-refractivity contribution in [2.45, 2.75) is 362 Å². The van der Waals surface area contributed by atoms with Gasteiger partial charge in [-0.25, -0.2) is 9.59 Å². The van der Waals surface area contributed by atoms with Gasteiger partial charge in [0.2, 0.25) is 28.9 Å². The predicted octanol–water partition coefficient (Wildman–Crippen LogP) is 16.9. The SMILES string of the molecule is C.C.CCC(=O)Cl.CCCCCCCC(=O)N[C@H](CN1CCCC1)[C@H](O)c1ccc2c(c1)OCCO2.CCCCCCCC(=O)N[C@H](CN1CCCC1)[C@H](OC(=O)CC)c1ccc2c(c1)OCCO2.CCCCCCCC(=O)N[C@H](CN1CCCC1)[C@H](OC(=O)CC)c1ccc2c(c1)OCCO2.CCCCCCCC(=O)N[C@H](CN1CCCC1)[C@H](OC(=O)CC)c1ccc2c(c1)OCCO2.O=C(O)[C@@H](O)[C@H](O)C(=O)O. The highest BCUT2D eigenvalue weighted by Gasteiger charge is 2.38. The van der Waals surface area contributed by atoms with E-state index in [0.29, 0.717) is 157 Å². The van der Waals surface area contributed by atoms with Crippen molar-refractivity contribution in [3.8, 4) is 46.0 Å². The number of amides is 4. The van der Waals surface area contributed by atoms with Crippen molar-refractivity contribution in [2.24, 2.45) is 0 Å². The lowest BCUT2D eigenvalue weighted by Crippen LogP contribution is -2.47. The summed E-state index contributed by atoms with van der Waals surface area (Å²) in [6.07, 6.45) is 27.6. The van der Waals surface area contributed by atoms with Crippen LogP contribution in [0.3, 0.4) is 0 Å². The molecule has 0 aromatic heterocycles. The molecule has 145 heavy (non-hydrogen) atoms. The maximum Gasteiger partial charge on any atom is 0.335 e. The average molecular weight is 2060 g/mol. The van der Waals surface area contributed by atoms with Gasteiger partial charge >= 0.3 is 29.8 Å². The number of carbonyl (C=O) groups is 10. The smallest absolute Gasteiger partial charge is 0.335 e. The van der Waals surface area contributed by atoms with Gasteiger partial charge in [-0.05, 0) is 212 Å². The number of carbonyl (C=O) groups excluding carboxylic acids is 8. The van der Waals surface area contributed by atoms with E-state index < -0.39 is 48.6 Å². The molecule has 34 nitrogen and oxygen atoms in total. The van der Waals surface area contributed by atoms with Gasteiger partial charge in [0.05, 0.1) is 24.2 Å². The van der Waals surface area contributed by atoms with E-state index in [1.807, 2.05) is 72.8 Å². The molecule has 9 N–H and O–H groups in total. The molecule has 8 aliphatic heterocycles. The topological polar surface area (TPSA) is 434 Å². The van der Waals surface area contributed by atoms with Crippen LogP contribution in [0.4, 0.5) is 0 Å². The Morgan fingerprint density at radius 3 is 0.731 bits per heavy atom. The Bertz CT molecular complexity index is 4090. The number of fused-ring (bicyclic) bond motifs is 4. The third-order valence-corrected chi connectivity index (χ3v) is 26.1. The first-order chi connectivity index (χ1) is 69.2. The Morgan fingerprint density at radius 2 is 0.510 bits per heavy atom. The maximum atomic E-state index is 12.9. The minimum absolute atomic E-state index is 0. The number of hydrogen-bond donors (Lipinski definition) is 9. The molecule has 0 radical (unpaired) electrons. The second kappa shape index (κ2) is 72.5. The molecule has 4 fully saturated rings. The Labute approximate surface area is 866 Å². The van der Waals surface area contributed by atoms with E-state index in [9.17, 15) is 53.1 Å². The number of carboxylic acid groups (broad SMARTS) is 2.